The van der Waals surface area contributed by atoms with Gasteiger partial charge in [-0.05, 0) is 68.4 Å². The van der Waals surface area contributed by atoms with Gasteiger partial charge in [0.15, 0.2) is 0 Å². The number of pyridine rings is 1. The maximum Gasteiger partial charge on any atom is 0.309 e. The van der Waals surface area contributed by atoms with Gasteiger partial charge < -0.3 is 15.2 Å². The van der Waals surface area contributed by atoms with Crippen molar-refractivity contribution in [2.45, 2.75) is 56.2 Å². The van der Waals surface area contributed by atoms with Gasteiger partial charge in [-0.3, -0.25) is 9.79 Å². The van der Waals surface area contributed by atoms with Gasteiger partial charge in [-0.1, -0.05) is 6.07 Å². The van der Waals surface area contributed by atoms with Crippen LogP contribution in [0.15, 0.2) is 65.3 Å². The number of carboxylic acids is 1. The van der Waals surface area contributed by atoms with Crippen LogP contribution in [-0.2, 0) is 4.79 Å². The average Bonchev–Trinajstić information content (AvgIpc) is 3.29. The van der Waals surface area contributed by atoms with Crippen LogP contribution in [0.3, 0.4) is 0 Å². The Balaban J connectivity index is 1.16. The zero-order valence-electron chi connectivity index (χ0n) is 19.3. The maximum absolute atomic E-state index is 15.0. The summed E-state index contributed by atoms with van der Waals surface area (Å²) < 4.78 is 48.8. The minimum absolute atomic E-state index is 0.175. The Bertz CT molecular complexity index is 1310. The molecule has 36 heavy (non-hydrogen) atoms. The van der Waals surface area contributed by atoms with E-state index in [1.165, 1.54) is 12.1 Å². The average molecular weight is 496 g/mol. The van der Waals surface area contributed by atoms with Gasteiger partial charge in [0.2, 0.25) is 5.88 Å². The van der Waals surface area contributed by atoms with Crippen molar-refractivity contribution in [1.29, 1.82) is 0 Å². The highest BCUT2D eigenvalue weighted by atomic mass is 19.1. The molecule has 1 aromatic carbocycles. The lowest BCUT2D eigenvalue weighted by molar-refractivity contribution is -0.162. The quantitative estimate of drug-likeness (QED) is 0.592. The molecular formula is C27H24F3N3O3. The molecule has 3 saturated carbocycles. The second-order valence-corrected chi connectivity index (χ2v) is 10.1. The molecule has 0 spiro atoms. The van der Waals surface area contributed by atoms with E-state index >= 15 is 4.39 Å². The number of carboxylic acid groups (broad SMARTS) is 1. The monoisotopic (exact) mass is 495 g/mol. The summed E-state index contributed by atoms with van der Waals surface area (Å²) in [6.45, 7) is 0. The summed E-state index contributed by atoms with van der Waals surface area (Å²) in [6, 6.07) is 6.59. The van der Waals surface area contributed by atoms with Gasteiger partial charge in [0.25, 0.3) is 0 Å². The first-order valence-electron chi connectivity index (χ1n) is 12.0. The van der Waals surface area contributed by atoms with Gasteiger partial charge in [0.05, 0.1) is 17.0 Å². The van der Waals surface area contributed by atoms with Crippen LogP contribution >= 0.6 is 0 Å². The van der Waals surface area contributed by atoms with Crippen molar-refractivity contribution in [2.75, 3.05) is 0 Å². The van der Waals surface area contributed by atoms with Crippen LogP contribution in [0.4, 0.5) is 13.2 Å². The molecule has 186 valence electrons. The number of nitrogens with zero attached hydrogens (tertiary/aromatic N) is 2. The molecule has 6 nitrogen and oxygen atoms in total. The predicted molar refractivity (Wildman–Crippen MR) is 126 cm³/mol. The van der Waals surface area contributed by atoms with E-state index in [0.717, 1.165) is 6.08 Å². The van der Waals surface area contributed by atoms with Crippen molar-refractivity contribution in [2.24, 2.45) is 10.4 Å². The van der Waals surface area contributed by atoms with E-state index in [9.17, 15) is 18.7 Å². The second-order valence-electron chi connectivity index (χ2n) is 10.1. The third kappa shape index (κ3) is 3.77. The first kappa shape index (κ1) is 22.8. The number of rotatable bonds is 5. The number of fused-ring (bicyclic) bond motifs is 4. The molecule has 5 aliphatic rings. The van der Waals surface area contributed by atoms with Gasteiger partial charge in [-0.15, -0.1) is 0 Å². The molecule has 9 heteroatoms. The highest BCUT2D eigenvalue weighted by Gasteiger charge is 2.54. The Morgan fingerprint density at radius 3 is 2.39 bits per heavy atom. The highest BCUT2D eigenvalue weighted by molar-refractivity contribution is 6.01. The van der Waals surface area contributed by atoms with Crippen molar-refractivity contribution in [3.8, 4) is 17.0 Å². The molecule has 2 atom stereocenters. The lowest BCUT2D eigenvalue weighted by Crippen LogP contribution is -2.52. The van der Waals surface area contributed by atoms with Crippen LogP contribution in [0.1, 0.15) is 44.1 Å². The molecule has 7 rings (SSSR count). The fourth-order valence-electron chi connectivity index (χ4n) is 5.79. The minimum Gasteiger partial charge on any atom is -0.481 e. The Kier molecular flexibility index (Phi) is 5.21. The molecule has 2 unspecified atom stereocenters. The summed E-state index contributed by atoms with van der Waals surface area (Å²) in [5.41, 5.74) is 0.486. The topological polar surface area (TPSA) is 83.8 Å². The molecule has 2 N–H and O–H groups in total. The highest BCUT2D eigenvalue weighted by Crippen LogP contribution is 2.53. The third-order valence-corrected chi connectivity index (χ3v) is 8.05. The summed E-state index contributed by atoms with van der Waals surface area (Å²) in [7, 11) is 0. The number of hydrogen-bond acceptors (Lipinski definition) is 5. The molecule has 0 saturated heterocycles. The Morgan fingerprint density at radius 1 is 1.03 bits per heavy atom. The van der Waals surface area contributed by atoms with Gasteiger partial charge >= 0.3 is 5.97 Å². The Labute approximate surface area is 205 Å². The van der Waals surface area contributed by atoms with Crippen molar-refractivity contribution in [1.82, 2.24) is 10.3 Å². The van der Waals surface area contributed by atoms with Crippen LogP contribution in [-0.4, -0.2) is 39.6 Å². The number of hydrogen-bond donors (Lipinski definition) is 2. The molecule has 2 bridgehead atoms. The summed E-state index contributed by atoms with van der Waals surface area (Å²) in [5.74, 6) is -2.00. The van der Waals surface area contributed by atoms with Crippen molar-refractivity contribution < 1.29 is 27.8 Å². The smallest absolute Gasteiger partial charge is 0.309 e. The fourth-order valence-corrected chi connectivity index (χ4v) is 5.79. The van der Waals surface area contributed by atoms with E-state index in [2.05, 4.69) is 15.3 Å². The van der Waals surface area contributed by atoms with Crippen LogP contribution in [0.25, 0.3) is 11.1 Å². The molecule has 1 aromatic heterocycles. The number of ether oxygens (including phenoxy) is 1. The molecule has 2 aromatic rings. The van der Waals surface area contributed by atoms with Crippen LogP contribution in [0, 0.1) is 11.2 Å². The zero-order valence-corrected chi connectivity index (χ0v) is 19.3. The molecule has 4 aliphatic carbocycles. The van der Waals surface area contributed by atoms with E-state index in [1.807, 2.05) is 0 Å². The first-order chi connectivity index (χ1) is 17.3. The number of allylic oxidation sites excluding steroid dienone is 2. The molecular weight excluding hydrogens is 471 g/mol. The summed E-state index contributed by atoms with van der Waals surface area (Å²) in [6.07, 6.45) is 7.55. The van der Waals surface area contributed by atoms with Gasteiger partial charge in [0.1, 0.15) is 34.9 Å². The van der Waals surface area contributed by atoms with Crippen molar-refractivity contribution in [3.05, 3.63) is 71.7 Å². The lowest BCUT2D eigenvalue weighted by Gasteiger charge is -2.50. The van der Waals surface area contributed by atoms with E-state index in [0.29, 0.717) is 55.5 Å². The first-order valence-corrected chi connectivity index (χ1v) is 12.0. The number of aromatic nitrogens is 1. The van der Waals surface area contributed by atoms with Crippen LogP contribution < -0.4 is 10.1 Å². The van der Waals surface area contributed by atoms with E-state index < -0.39 is 40.9 Å². The molecule has 2 heterocycles. The van der Waals surface area contributed by atoms with Crippen molar-refractivity contribution >= 4 is 11.8 Å². The minimum atomic E-state index is -0.899. The largest absolute Gasteiger partial charge is 0.481 e. The lowest BCUT2D eigenvalue weighted by atomic mass is 9.58. The summed E-state index contributed by atoms with van der Waals surface area (Å²) in [4.78, 5) is 20.3. The zero-order chi connectivity index (χ0) is 25.1. The fraction of sp³-hybridized carbons (Fsp3) is 0.370. The molecule has 0 amide bonds. The number of halogens is 3. The summed E-state index contributed by atoms with van der Waals surface area (Å²) >= 11 is 0. The predicted octanol–water partition coefficient (Wildman–Crippen LogP) is 5.25. The SMILES string of the molecule is O=C(O)C12CCC(Oc3ccc(-c4ccc(C5=NC6C(F)=CC(F)=CC6N5)c(F)c4)cn3)(CC1)CC2. The van der Waals surface area contributed by atoms with Gasteiger partial charge in [-0.25, -0.2) is 18.2 Å². The molecule has 3 fully saturated rings. The number of amidine groups is 1. The molecule has 0 radical (unpaired) electrons. The van der Waals surface area contributed by atoms with Gasteiger partial charge in [0, 0.05) is 23.9 Å². The standard InChI is InChI=1S/C27H24F3N3O3/c28-17-12-20(30)23-21(13-17)32-24(33-23)18-3-1-15(11-19(18)29)16-2-4-22(31-14-16)36-27-8-5-26(6-9-27,7-10-27)25(34)35/h1-4,11-14,21,23H,5-10H2,(H,32,33)(H,34,35). The number of aliphatic carboxylic acids is 1. The second kappa shape index (κ2) is 8.21. The Hall–Kier alpha value is -3.62. The number of benzene rings is 1. The number of carbonyl (C=O) groups is 1. The van der Waals surface area contributed by atoms with Gasteiger partial charge in [-0.2, -0.15) is 0 Å². The van der Waals surface area contributed by atoms with Crippen molar-refractivity contribution in [3.63, 3.8) is 0 Å². The van der Waals surface area contributed by atoms with E-state index in [4.69, 9.17) is 4.74 Å². The third-order valence-electron chi connectivity index (χ3n) is 8.05. The van der Waals surface area contributed by atoms with E-state index in [1.54, 1.807) is 30.5 Å². The maximum atomic E-state index is 15.0. The Morgan fingerprint density at radius 2 is 1.75 bits per heavy atom. The summed E-state index contributed by atoms with van der Waals surface area (Å²) in [5, 5.41) is 12.5. The van der Waals surface area contributed by atoms with E-state index in [-0.39, 0.29) is 17.0 Å². The van der Waals surface area contributed by atoms with Crippen LogP contribution in [0.5, 0.6) is 5.88 Å². The molecule has 1 aliphatic heterocycles. The number of aliphatic imine (C=N–C) groups is 1. The normalized spacial score (nSPS) is 30.6. The number of nitrogens with one attached hydrogen (secondary N) is 1. The van der Waals surface area contributed by atoms with Crippen LogP contribution in [0.2, 0.25) is 0 Å².